The molecule has 136 valence electrons. The Kier molecular flexibility index (Phi) is 4.89. The van der Waals surface area contributed by atoms with E-state index in [-0.39, 0.29) is 5.78 Å². The molecule has 0 fully saturated rings. The number of hydrogen-bond acceptors (Lipinski definition) is 3. The van der Waals surface area contributed by atoms with E-state index >= 15 is 0 Å². The topological polar surface area (TPSA) is 55.1 Å². The SMILES string of the molecule is Nc1ccccc1Nc1ccc(C(=O)c2cccc(-c3ccccc3)c2)cc1. The van der Waals surface area contributed by atoms with Gasteiger partial charge < -0.3 is 11.1 Å². The summed E-state index contributed by atoms with van der Waals surface area (Å²) in [6.07, 6.45) is 0. The van der Waals surface area contributed by atoms with Crippen LogP contribution in [-0.4, -0.2) is 5.78 Å². The van der Waals surface area contributed by atoms with Crippen molar-refractivity contribution >= 4 is 22.8 Å². The minimum absolute atomic E-state index is 0.00329. The van der Waals surface area contributed by atoms with Crippen LogP contribution in [0.2, 0.25) is 0 Å². The summed E-state index contributed by atoms with van der Waals surface area (Å²) >= 11 is 0. The molecule has 4 aromatic rings. The Morgan fingerprint density at radius 3 is 2.07 bits per heavy atom. The van der Waals surface area contributed by atoms with Gasteiger partial charge in [0.25, 0.3) is 0 Å². The first-order valence-corrected chi connectivity index (χ1v) is 9.12. The van der Waals surface area contributed by atoms with E-state index in [0.29, 0.717) is 16.8 Å². The number of para-hydroxylation sites is 2. The van der Waals surface area contributed by atoms with Crippen molar-refractivity contribution < 1.29 is 4.79 Å². The van der Waals surface area contributed by atoms with Crippen LogP contribution in [0.15, 0.2) is 103 Å². The Bertz CT molecular complexity index is 1100. The molecule has 3 heteroatoms. The summed E-state index contributed by atoms with van der Waals surface area (Å²) in [5.41, 5.74) is 11.8. The van der Waals surface area contributed by atoms with E-state index in [2.05, 4.69) is 5.32 Å². The molecule has 0 aliphatic rings. The zero-order valence-electron chi connectivity index (χ0n) is 15.3. The van der Waals surface area contributed by atoms with Gasteiger partial charge in [0.15, 0.2) is 5.78 Å². The van der Waals surface area contributed by atoms with Crippen LogP contribution in [0.3, 0.4) is 0 Å². The van der Waals surface area contributed by atoms with Crippen molar-refractivity contribution in [1.82, 2.24) is 0 Å². The monoisotopic (exact) mass is 364 g/mol. The first kappa shape index (κ1) is 17.6. The van der Waals surface area contributed by atoms with E-state index in [1.807, 2.05) is 103 Å². The van der Waals surface area contributed by atoms with Crippen molar-refractivity contribution in [3.05, 3.63) is 114 Å². The number of benzene rings is 4. The molecule has 0 heterocycles. The van der Waals surface area contributed by atoms with Gasteiger partial charge in [-0.1, -0.05) is 60.7 Å². The second-order valence-electron chi connectivity index (χ2n) is 6.57. The molecule has 4 rings (SSSR count). The van der Waals surface area contributed by atoms with E-state index < -0.39 is 0 Å². The average Bonchev–Trinajstić information content (AvgIpc) is 2.76. The van der Waals surface area contributed by atoms with Gasteiger partial charge in [0.2, 0.25) is 0 Å². The van der Waals surface area contributed by atoms with E-state index in [0.717, 1.165) is 22.5 Å². The fraction of sp³-hybridized carbons (Fsp3) is 0. The van der Waals surface area contributed by atoms with Gasteiger partial charge in [-0.05, 0) is 53.6 Å². The van der Waals surface area contributed by atoms with Crippen LogP contribution < -0.4 is 11.1 Å². The van der Waals surface area contributed by atoms with Gasteiger partial charge in [-0.25, -0.2) is 0 Å². The van der Waals surface area contributed by atoms with Gasteiger partial charge in [0.1, 0.15) is 0 Å². The Balaban J connectivity index is 1.55. The van der Waals surface area contributed by atoms with Crippen LogP contribution in [0, 0.1) is 0 Å². The smallest absolute Gasteiger partial charge is 0.193 e. The van der Waals surface area contributed by atoms with Crippen LogP contribution in [0.5, 0.6) is 0 Å². The highest BCUT2D eigenvalue weighted by atomic mass is 16.1. The van der Waals surface area contributed by atoms with Crippen LogP contribution in [0.4, 0.5) is 17.1 Å². The number of carbonyl (C=O) groups excluding carboxylic acids is 1. The summed E-state index contributed by atoms with van der Waals surface area (Å²) in [6, 6.07) is 32.8. The Labute approximate surface area is 164 Å². The Morgan fingerprint density at radius 2 is 1.32 bits per heavy atom. The van der Waals surface area contributed by atoms with Crippen molar-refractivity contribution in [2.75, 3.05) is 11.1 Å². The number of nitrogens with two attached hydrogens (primary N) is 1. The van der Waals surface area contributed by atoms with E-state index in [1.165, 1.54) is 0 Å². The van der Waals surface area contributed by atoms with Gasteiger partial charge in [0.05, 0.1) is 11.4 Å². The maximum atomic E-state index is 12.9. The number of ketones is 1. The predicted octanol–water partition coefficient (Wildman–Crippen LogP) is 5.91. The fourth-order valence-electron chi connectivity index (χ4n) is 3.11. The molecule has 0 bridgehead atoms. The van der Waals surface area contributed by atoms with Crippen molar-refractivity contribution in [2.24, 2.45) is 0 Å². The highest BCUT2D eigenvalue weighted by Crippen LogP contribution is 2.24. The molecule has 0 spiro atoms. The maximum Gasteiger partial charge on any atom is 0.193 e. The van der Waals surface area contributed by atoms with Gasteiger partial charge in [0, 0.05) is 16.8 Å². The second-order valence-corrected chi connectivity index (χ2v) is 6.57. The summed E-state index contributed by atoms with van der Waals surface area (Å²) in [5.74, 6) is 0.00329. The third-order valence-electron chi connectivity index (χ3n) is 4.62. The second kappa shape index (κ2) is 7.80. The van der Waals surface area contributed by atoms with Gasteiger partial charge in [-0.3, -0.25) is 4.79 Å². The lowest BCUT2D eigenvalue weighted by Crippen LogP contribution is -2.02. The van der Waals surface area contributed by atoms with Crippen LogP contribution in [0.1, 0.15) is 15.9 Å². The molecule has 3 N–H and O–H groups in total. The van der Waals surface area contributed by atoms with E-state index in [9.17, 15) is 4.79 Å². The summed E-state index contributed by atoms with van der Waals surface area (Å²) in [7, 11) is 0. The summed E-state index contributed by atoms with van der Waals surface area (Å²) in [5, 5.41) is 3.27. The summed E-state index contributed by atoms with van der Waals surface area (Å²) in [4.78, 5) is 12.9. The molecule has 0 saturated carbocycles. The van der Waals surface area contributed by atoms with Crippen molar-refractivity contribution in [2.45, 2.75) is 0 Å². The molecule has 0 unspecified atom stereocenters. The standard InChI is InChI=1S/C25H20N2O/c26-23-11-4-5-12-24(23)27-22-15-13-19(14-16-22)25(28)21-10-6-9-20(17-21)18-7-2-1-3-8-18/h1-17,27H,26H2. The lowest BCUT2D eigenvalue weighted by molar-refractivity contribution is 0.103. The predicted molar refractivity (Wildman–Crippen MR) is 116 cm³/mol. The third kappa shape index (κ3) is 3.79. The minimum atomic E-state index is 0.00329. The molecule has 3 nitrogen and oxygen atoms in total. The number of nitrogen functional groups attached to an aromatic ring is 1. The third-order valence-corrected chi connectivity index (χ3v) is 4.62. The van der Waals surface area contributed by atoms with E-state index in [1.54, 1.807) is 0 Å². The highest BCUT2D eigenvalue weighted by molar-refractivity contribution is 6.09. The zero-order chi connectivity index (χ0) is 19.3. The number of nitrogens with one attached hydrogen (secondary N) is 1. The molecule has 0 amide bonds. The quantitative estimate of drug-likeness (QED) is 0.342. The molecule has 0 atom stereocenters. The molecule has 0 aliphatic carbocycles. The maximum absolute atomic E-state index is 12.9. The van der Waals surface area contributed by atoms with Crippen molar-refractivity contribution in [1.29, 1.82) is 0 Å². The Morgan fingerprint density at radius 1 is 0.643 bits per heavy atom. The largest absolute Gasteiger partial charge is 0.397 e. The molecular formula is C25H20N2O. The van der Waals surface area contributed by atoms with Gasteiger partial charge in [-0.2, -0.15) is 0 Å². The highest BCUT2D eigenvalue weighted by Gasteiger charge is 2.10. The molecule has 0 saturated heterocycles. The number of hydrogen-bond donors (Lipinski definition) is 2. The molecule has 28 heavy (non-hydrogen) atoms. The number of carbonyl (C=O) groups is 1. The summed E-state index contributed by atoms with van der Waals surface area (Å²) in [6.45, 7) is 0. The average molecular weight is 364 g/mol. The fourth-order valence-corrected chi connectivity index (χ4v) is 3.11. The lowest BCUT2D eigenvalue weighted by atomic mass is 9.98. The molecule has 0 aromatic heterocycles. The molecule has 4 aromatic carbocycles. The van der Waals surface area contributed by atoms with Crippen LogP contribution in [-0.2, 0) is 0 Å². The minimum Gasteiger partial charge on any atom is -0.397 e. The van der Waals surface area contributed by atoms with Crippen molar-refractivity contribution in [3.8, 4) is 11.1 Å². The van der Waals surface area contributed by atoms with Gasteiger partial charge in [-0.15, -0.1) is 0 Å². The number of anilines is 3. The van der Waals surface area contributed by atoms with E-state index in [4.69, 9.17) is 5.73 Å². The summed E-state index contributed by atoms with van der Waals surface area (Å²) < 4.78 is 0. The Hall–Kier alpha value is -3.85. The molecular weight excluding hydrogens is 344 g/mol. The lowest BCUT2D eigenvalue weighted by Gasteiger charge is -2.10. The van der Waals surface area contributed by atoms with Gasteiger partial charge >= 0.3 is 0 Å². The first-order valence-electron chi connectivity index (χ1n) is 9.12. The number of rotatable bonds is 5. The normalized spacial score (nSPS) is 10.4. The van der Waals surface area contributed by atoms with Crippen LogP contribution >= 0.6 is 0 Å². The molecule has 0 aliphatic heterocycles. The zero-order valence-corrected chi connectivity index (χ0v) is 15.3. The van der Waals surface area contributed by atoms with Crippen molar-refractivity contribution in [3.63, 3.8) is 0 Å². The molecule has 0 radical (unpaired) electrons. The van der Waals surface area contributed by atoms with Crippen LogP contribution in [0.25, 0.3) is 11.1 Å². The first-order chi connectivity index (χ1) is 13.7.